The van der Waals surface area contributed by atoms with E-state index in [1.54, 1.807) is 18.7 Å². The second kappa shape index (κ2) is 5.56. The molecule has 0 amide bonds. The third-order valence-electron chi connectivity index (χ3n) is 2.67. The Morgan fingerprint density at radius 3 is 2.59 bits per heavy atom. The van der Waals surface area contributed by atoms with E-state index in [0.717, 1.165) is 4.90 Å². The highest BCUT2D eigenvalue weighted by Gasteiger charge is 2.29. The number of benzene rings is 1. The maximum Gasteiger partial charge on any atom is 0.326 e. The van der Waals surface area contributed by atoms with Gasteiger partial charge in [0.2, 0.25) is 0 Å². The minimum Gasteiger partial charge on any atom is -0.468 e. The second-order valence-corrected chi connectivity index (χ2v) is 5.49. The number of carbonyl (C=O) groups is 1. The summed E-state index contributed by atoms with van der Waals surface area (Å²) in [5.74, 6) is 0.121. The zero-order valence-corrected chi connectivity index (χ0v) is 11.6. The predicted octanol–water partition coefficient (Wildman–Crippen LogP) is 2.29. The lowest BCUT2D eigenvalue weighted by Crippen LogP contribution is -2.48. The smallest absolute Gasteiger partial charge is 0.326 e. The maximum absolute atomic E-state index is 11.4. The molecule has 94 valence electrons. The van der Waals surface area contributed by atoms with Gasteiger partial charge in [0.05, 0.1) is 7.11 Å². The van der Waals surface area contributed by atoms with Gasteiger partial charge in [-0.3, -0.25) is 4.79 Å². The number of aryl methyl sites for hydroxylation is 2. The number of hydrogen-bond donors (Lipinski definition) is 1. The van der Waals surface area contributed by atoms with Crippen LogP contribution in [0.3, 0.4) is 0 Å². The molecule has 2 N–H and O–H groups in total. The quantitative estimate of drug-likeness (QED) is 0.660. The van der Waals surface area contributed by atoms with Crippen LogP contribution in [0.1, 0.15) is 18.1 Å². The third-order valence-corrected chi connectivity index (χ3v) is 4.00. The number of hydrogen-bond acceptors (Lipinski definition) is 4. The van der Waals surface area contributed by atoms with Crippen LogP contribution in [0.2, 0.25) is 0 Å². The van der Waals surface area contributed by atoms with Crippen molar-refractivity contribution in [2.24, 2.45) is 5.73 Å². The van der Waals surface area contributed by atoms with Crippen molar-refractivity contribution in [1.82, 2.24) is 0 Å². The zero-order valence-electron chi connectivity index (χ0n) is 10.7. The van der Waals surface area contributed by atoms with Crippen molar-refractivity contribution < 1.29 is 9.53 Å². The number of rotatable bonds is 4. The van der Waals surface area contributed by atoms with E-state index in [-0.39, 0.29) is 5.97 Å². The van der Waals surface area contributed by atoms with Crippen LogP contribution in [0.15, 0.2) is 23.1 Å². The molecule has 1 atom stereocenters. The SMILES string of the molecule is COC(=O)C(C)(N)CSc1ccc(C)c(C)c1. The molecule has 0 radical (unpaired) electrons. The molecule has 1 aromatic carbocycles. The van der Waals surface area contributed by atoms with Crippen molar-refractivity contribution in [3.63, 3.8) is 0 Å². The first-order chi connectivity index (χ1) is 7.86. The Balaban J connectivity index is 2.67. The molecule has 0 saturated carbocycles. The summed E-state index contributed by atoms with van der Waals surface area (Å²) in [5, 5.41) is 0. The summed E-state index contributed by atoms with van der Waals surface area (Å²) in [5.41, 5.74) is 7.45. The molecule has 1 aromatic rings. The molecular weight excluding hydrogens is 234 g/mol. The fourth-order valence-electron chi connectivity index (χ4n) is 1.33. The van der Waals surface area contributed by atoms with Gasteiger partial charge in [0.25, 0.3) is 0 Å². The number of carbonyl (C=O) groups excluding carboxylic acids is 1. The average molecular weight is 253 g/mol. The molecule has 1 rings (SSSR count). The standard InChI is InChI=1S/C13H19NO2S/c1-9-5-6-11(7-10(9)2)17-8-13(3,14)12(15)16-4/h5-7H,8,14H2,1-4H3. The summed E-state index contributed by atoms with van der Waals surface area (Å²) in [6.45, 7) is 5.83. The van der Waals surface area contributed by atoms with Crippen molar-refractivity contribution in [1.29, 1.82) is 0 Å². The van der Waals surface area contributed by atoms with Gasteiger partial charge in [0, 0.05) is 10.6 Å². The summed E-state index contributed by atoms with van der Waals surface area (Å²) in [6, 6.07) is 6.22. The Labute approximate surface area is 107 Å². The van der Waals surface area contributed by atoms with Gasteiger partial charge in [-0.2, -0.15) is 0 Å². The van der Waals surface area contributed by atoms with Gasteiger partial charge in [-0.05, 0) is 44.0 Å². The van der Waals surface area contributed by atoms with E-state index in [1.165, 1.54) is 18.2 Å². The molecular formula is C13H19NO2S. The van der Waals surface area contributed by atoms with Crippen LogP contribution >= 0.6 is 11.8 Å². The van der Waals surface area contributed by atoms with E-state index in [9.17, 15) is 4.79 Å². The van der Waals surface area contributed by atoms with E-state index in [1.807, 2.05) is 6.07 Å². The zero-order chi connectivity index (χ0) is 13.1. The van der Waals surface area contributed by atoms with Crippen LogP contribution in [0, 0.1) is 13.8 Å². The van der Waals surface area contributed by atoms with Gasteiger partial charge in [0.1, 0.15) is 5.54 Å². The van der Waals surface area contributed by atoms with Gasteiger partial charge in [-0.15, -0.1) is 11.8 Å². The first-order valence-electron chi connectivity index (χ1n) is 5.44. The molecule has 0 aliphatic rings. The molecule has 0 aromatic heterocycles. The van der Waals surface area contributed by atoms with Crippen LogP contribution in [-0.4, -0.2) is 24.4 Å². The molecule has 3 nitrogen and oxygen atoms in total. The normalized spacial score (nSPS) is 14.2. The summed E-state index contributed by atoms with van der Waals surface area (Å²) in [7, 11) is 1.36. The Morgan fingerprint density at radius 1 is 1.41 bits per heavy atom. The van der Waals surface area contributed by atoms with Gasteiger partial charge in [0.15, 0.2) is 0 Å². The van der Waals surface area contributed by atoms with Gasteiger partial charge < -0.3 is 10.5 Å². The highest BCUT2D eigenvalue weighted by Crippen LogP contribution is 2.24. The summed E-state index contributed by atoms with van der Waals surface area (Å²) >= 11 is 1.57. The minimum atomic E-state index is -0.946. The Kier molecular flexibility index (Phi) is 4.60. The first-order valence-corrected chi connectivity index (χ1v) is 6.43. The van der Waals surface area contributed by atoms with Crippen LogP contribution in [0.5, 0.6) is 0 Å². The van der Waals surface area contributed by atoms with Gasteiger partial charge >= 0.3 is 5.97 Å². The fraction of sp³-hybridized carbons (Fsp3) is 0.462. The lowest BCUT2D eigenvalue weighted by molar-refractivity contribution is -0.145. The molecule has 0 bridgehead atoms. The van der Waals surface area contributed by atoms with Gasteiger partial charge in [-0.25, -0.2) is 0 Å². The van der Waals surface area contributed by atoms with E-state index in [4.69, 9.17) is 5.73 Å². The molecule has 0 spiro atoms. The van der Waals surface area contributed by atoms with E-state index in [2.05, 4.69) is 30.7 Å². The molecule has 0 heterocycles. The Bertz CT molecular complexity index is 416. The summed E-state index contributed by atoms with van der Waals surface area (Å²) in [4.78, 5) is 12.5. The second-order valence-electron chi connectivity index (χ2n) is 4.44. The first kappa shape index (κ1) is 14.1. The largest absolute Gasteiger partial charge is 0.468 e. The van der Waals surface area contributed by atoms with Crippen molar-refractivity contribution in [3.05, 3.63) is 29.3 Å². The predicted molar refractivity (Wildman–Crippen MR) is 71.2 cm³/mol. The molecule has 0 fully saturated rings. The number of nitrogens with two attached hydrogens (primary N) is 1. The van der Waals surface area contributed by atoms with Crippen LogP contribution in [-0.2, 0) is 9.53 Å². The van der Waals surface area contributed by atoms with Crippen molar-refractivity contribution in [2.45, 2.75) is 31.2 Å². The molecule has 17 heavy (non-hydrogen) atoms. The molecule has 0 aliphatic carbocycles. The monoisotopic (exact) mass is 253 g/mol. The Hall–Kier alpha value is -1.00. The lowest BCUT2D eigenvalue weighted by atomic mass is 10.1. The minimum absolute atomic E-state index is 0.381. The molecule has 1 unspecified atom stereocenters. The lowest BCUT2D eigenvalue weighted by Gasteiger charge is -2.20. The van der Waals surface area contributed by atoms with Crippen LogP contribution < -0.4 is 5.73 Å². The maximum atomic E-state index is 11.4. The molecule has 0 saturated heterocycles. The van der Waals surface area contributed by atoms with Gasteiger partial charge in [-0.1, -0.05) is 6.07 Å². The van der Waals surface area contributed by atoms with E-state index in [0.29, 0.717) is 5.75 Å². The molecule has 0 aliphatic heterocycles. The van der Waals surface area contributed by atoms with Crippen molar-refractivity contribution in [3.8, 4) is 0 Å². The van der Waals surface area contributed by atoms with Crippen molar-refractivity contribution >= 4 is 17.7 Å². The number of ether oxygens (including phenoxy) is 1. The Morgan fingerprint density at radius 2 is 2.06 bits per heavy atom. The van der Waals surface area contributed by atoms with Crippen molar-refractivity contribution in [2.75, 3.05) is 12.9 Å². The van der Waals surface area contributed by atoms with Crippen LogP contribution in [0.25, 0.3) is 0 Å². The fourth-order valence-corrected chi connectivity index (χ4v) is 2.34. The number of methoxy groups -OCH3 is 1. The van der Waals surface area contributed by atoms with E-state index < -0.39 is 5.54 Å². The highest BCUT2D eigenvalue weighted by atomic mass is 32.2. The van der Waals surface area contributed by atoms with Crippen LogP contribution in [0.4, 0.5) is 0 Å². The third kappa shape index (κ3) is 3.75. The highest BCUT2D eigenvalue weighted by molar-refractivity contribution is 7.99. The number of esters is 1. The molecule has 4 heteroatoms. The summed E-state index contributed by atoms with van der Waals surface area (Å²) < 4.78 is 4.67. The average Bonchev–Trinajstić information content (AvgIpc) is 2.29. The summed E-state index contributed by atoms with van der Waals surface area (Å²) in [6.07, 6.45) is 0. The number of thioether (sulfide) groups is 1. The topological polar surface area (TPSA) is 52.3 Å². The van der Waals surface area contributed by atoms with E-state index >= 15 is 0 Å².